The lowest BCUT2D eigenvalue weighted by Gasteiger charge is -2.42. The van der Waals surface area contributed by atoms with Gasteiger partial charge in [-0.2, -0.15) is 26.3 Å². The Balaban J connectivity index is 2.11. The molecule has 0 radical (unpaired) electrons. The summed E-state index contributed by atoms with van der Waals surface area (Å²) in [6, 6.07) is 8.41. The van der Waals surface area contributed by atoms with Gasteiger partial charge in [-0.1, -0.05) is 30.3 Å². The van der Waals surface area contributed by atoms with Gasteiger partial charge in [-0.25, -0.2) is 0 Å². The summed E-state index contributed by atoms with van der Waals surface area (Å²) >= 11 is 0. The van der Waals surface area contributed by atoms with Crippen LogP contribution in [0.4, 0.5) is 26.3 Å². The summed E-state index contributed by atoms with van der Waals surface area (Å²) in [6.07, 6.45) is -10.2. The number of benzene rings is 1. The fourth-order valence-corrected chi connectivity index (χ4v) is 3.32. The molecule has 0 saturated carbocycles. The van der Waals surface area contributed by atoms with Gasteiger partial charge >= 0.3 is 12.4 Å². The summed E-state index contributed by atoms with van der Waals surface area (Å²) in [5, 5.41) is 12.2. The molecule has 0 aliphatic carbocycles. The second-order valence-electron chi connectivity index (χ2n) is 8.24. The molecule has 1 amide bonds. The Morgan fingerprint density at radius 1 is 1.10 bits per heavy atom. The van der Waals surface area contributed by atoms with Crippen molar-refractivity contribution in [1.29, 1.82) is 0 Å². The molecule has 1 aromatic rings. The predicted molar refractivity (Wildman–Crippen MR) is 98.6 cm³/mol. The zero-order chi connectivity index (χ0) is 22.8. The van der Waals surface area contributed by atoms with Gasteiger partial charge in [-0.3, -0.25) is 9.69 Å². The van der Waals surface area contributed by atoms with E-state index in [9.17, 15) is 36.2 Å². The van der Waals surface area contributed by atoms with Gasteiger partial charge in [-0.05, 0) is 38.7 Å². The number of piperidine rings is 1. The molecule has 0 spiro atoms. The molecule has 170 valence electrons. The topological polar surface area (TPSA) is 52.6 Å². The molecule has 30 heavy (non-hydrogen) atoms. The third kappa shape index (κ3) is 5.46. The summed E-state index contributed by atoms with van der Waals surface area (Å²) in [5.74, 6) is -1.20. The number of carbonyl (C=O) groups is 1. The maximum atomic E-state index is 13.1. The first kappa shape index (κ1) is 24.5. The van der Waals surface area contributed by atoms with Crippen molar-refractivity contribution < 1.29 is 36.2 Å². The lowest BCUT2D eigenvalue weighted by Crippen LogP contribution is -2.57. The maximum absolute atomic E-state index is 13.1. The van der Waals surface area contributed by atoms with Gasteiger partial charge in [0.15, 0.2) is 5.60 Å². The number of likely N-dealkylation sites (tertiary alicyclic amines) is 1. The van der Waals surface area contributed by atoms with E-state index in [0.29, 0.717) is 6.42 Å². The van der Waals surface area contributed by atoms with Crippen LogP contribution in [-0.4, -0.2) is 59.5 Å². The van der Waals surface area contributed by atoms with Crippen molar-refractivity contribution in [2.75, 3.05) is 19.6 Å². The number of aliphatic hydroxyl groups is 1. The summed E-state index contributed by atoms with van der Waals surface area (Å²) in [4.78, 5) is 13.8. The molecule has 1 heterocycles. The Morgan fingerprint density at radius 2 is 1.63 bits per heavy atom. The minimum absolute atomic E-state index is 0.0912. The van der Waals surface area contributed by atoms with Gasteiger partial charge in [0, 0.05) is 25.7 Å². The SMILES string of the molecule is CC(C)(C(=O)NCC(Cc1ccccc1)N1CCC(O)(C(F)(F)F)CC1)C(F)(F)F. The minimum Gasteiger partial charge on any atom is -0.380 e. The van der Waals surface area contributed by atoms with Crippen LogP contribution >= 0.6 is 0 Å². The molecule has 1 aromatic carbocycles. The lowest BCUT2D eigenvalue weighted by atomic mass is 9.89. The average Bonchev–Trinajstić information content (AvgIpc) is 2.64. The zero-order valence-electron chi connectivity index (χ0n) is 16.8. The number of nitrogens with zero attached hydrogens (tertiary/aromatic N) is 1. The summed E-state index contributed by atoms with van der Waals surface area (Å²) in [5.41, 5.74) is -4.53. The standard InChI is InChI=1S/C20H26F6N2O2/c1-17(2,19(21,22)23)16(29)27-13-15(12-14-6-4-3-5-7-14)28-10-8-18(30,9-11-28)20(24,25)26/h3-7,15,30H,8-13H2,1-2H3,(H,27,29). The molecule has 1 aliphatic rings. The number of carbonyl (C=O) groups excluding carboxylic acids is 1. The zero-order valence-corrected chi connectivity index (χ0v) is 16.8. The number of hydrogen-bond donors (Lipinski definition) is 2. The molecule has 4 nitrogen and oxygen atoms in total. The van der Waals surface area contributed by atoms with Crippen molar-refractivity contribution in [3.63, 3.8) is 0 Å². The number of alkyl halides is 6. The van der Waals surface area contributed by atoms with Crippen LogP contribution in [0.3, 0.4) is 0 Å². The number of nitrogens with one attached hydrogen (secondary N) is 1. The molecule has 1 atom stereocenters. The van der Waals surface area contributed by atoms with Crippen molar-refractivity contribution in [2.45, 2.75) is 57.1 Å². The van der Waals surface area contributed by atoms with Gasteiger partial charge in [0.25, 0.3) is 0 Å². The van der Waals surface area contributed by atoms with Gasteiger partial charge in [0.2, 0.25) is 5.91 Å². The first-order valence-electron chi connectivity index (χ1n) is 9.59. The molecule has 1 fully saturated rings. The summed E-state index contributed by atoms with van der Waals surface area (Å²) in [6.45, 7) is 1.22. The van der Waals surface area contributed by atoms with Gasteiger partial charge in [-0.15, -0.1) is 0 Å². The Bertz CT molecular complexity index is 710. The van der Waals surface area contributed by atoms with E-state index >= 15 is 0 Å². The first-order chi connectivity index (χ1) is 13.7. The van der Waals surface area contributed by atoms with Crippen LogP contribution in [-0.2, 0) is 11.2 Å². The average molecular weight is 440 g/mol. The maximum Gasteiger partial charge on any atom is 0.417 e. The minimum atomic E-state index is -4.75. The van der Waals surface area contributed by atoms with Crippen LogP contribution in [0.5, 0.6) is 0 Å². The van der Waals surface area contributed by atoms with E-state index in [1.54, 1.807) is 35.2 Å². The number of amides is 1. The number of rotatable bonds is 6. The molecule has 10 heteroatoms. The molecule has 2 N–H and O–H groups in total. The quantitative estimate of drug-likeness (QED) is 0.664. The largest absolute Gasteiger partial charge is 0.417 e. The molecule has 1 unspecified atom stereocenters. The Kier molecular flexibility index (Phi) is 7.13. The normalized spacial score (nSPS) is 19.4. The number of hydrogen-bond acceptors (Lipinski definition) is 3. The fourth-order valence-electron chi connectivity index (χ4n) is 3.32. The predicted octanol–water partition coefficient (Wildman–Crippen LogP) is 3.69. The summed E-state index contributed by atoms with van der Waals surface area (Å²) in [7, 11) is 0. The Labute approximate surface area is 171 Å². The summed E-state index contributed by atoms with van der Waals surface area (Å²) < 4.78 is 78.5. The molecule has 1 saturated heterocycles. The Hall–Kier alpha value is -1.81. The highest BCUT2D eigenvalue weighted by Gasteiger charge is 2.55. The molecular formula is C20H26F6N2O2. The molecule has 0 bridgehead atoms. The highest BCUT2D eigenvalue weighted by Crippen LogP contribution is 2.39. The van der Waals surface area contributed by atoms with Crippen LogP contribution in [0, 0.1) is 5.41 Å². The molecule has 2 rings (SSSR count). The molecule has 0 aromatic heterocycles. The van der Waals surface area contributed by atoms with Crippen LogP contribution in [0.1, 0.15) is 32.3 Å². The lowest BCUT2D eigenvalue weighted by molar-refractivity contribution is -0.273. The van der Waals surface area contributed by atoms with Gasteiger partial charge < -0.3 is 10.4 Å². The van der Waals surface area contributed by atoms with Gasteiger partial charge in [0.05, 0.1) is 0 Å². The third-order valence-corrected chi connectivity index (χ3v) is 5.76. The first-order valence-corrected chi connectivity index (χ1v) is 9.59. The highest BCUT2D eigenvalue weighted by atomic mass is 19.4. The van der Waals surface area contributed by atoms with E-state index < -0.39 is 48.2 Å². The van der Waals surface area contributed by atoms with Crippen LogP contribution in [0.25, 0.3) is 0 Å². The monoisotopic (exact) mass is 440 g/mol. The van der Waals surface area contributed by atoms with E-state index in [-0.39, 0.29) is 19.6 Å². The van der Waals surface area contributed by atoms with E-state index in [4.69, 9.17) is 0 Å². The smallest absolute Gasteiger partial charge is 0.380 e. The van der Waals surface area contributed by atoms with Gasteiger partial charge in [0.1, 0.15) is 5.41 Å². The second kappa shape index (κ2) is 8.74. The van der Waals surface area contributed by atoms with Crippen molar-refractivity contribution in [1.82, 2.24) is 10.2 Å². The molecule has 1 aliphatic heterocycles. The number of halogens is 6. The van der Waals surface area contributed by atoms with E-state index in [1.165, 1.54) is 0 Å². The van der Waals surface area contributed by atoms with Crippen LogP contribution in [0.15, 0.2) is 30.3 Å². The van der Waals surface area contributed by atoms with Crippen molar-refractivity contribution in [2.24, 2.45) is 5.41 Å². The second-order valence-corrected chi connectivity index (χ2v) is 8.24. The van der Waals surface area contributed by atoms with Crippen molar-refractivity contribution >= 4 is 5.91 Å². The van der Waals surface area contributed by atoms with Crippen LogP contribution in [0.2, 0.25) is 0 Å². The van der Waals surface area contributed by atoms with Crippen molar-refractivity contribution in [3.8, 4) is 0 Å². The van der Waals surface area contributed by atoms with E-state index in [2.05, 4.69) is 5.32 Å². The van der Waals surface area contributed by atoms with Crippen LogP contribution < -0.4 is 5.32 Å². The van der Waals surface area contributed by atoms with E-state index in [1.807, 2.05) is 0 Å². The third-order valence-electron chi connectivity index (χ3n) is 5.76. The fraction of sp³-hybridized carbons (Fsp3) is 0.650. The molecular weight excluding hydrogens is 414 g/mol. The van der Waals surface area contributed by atoms with Crippen molar-refractivity contribution in [3.05, 3.63) is 35.9 Å². The highest BCUT2D eigenvalue weighted by molar-refractivity contribution is 5.82. The Morgan fingerprint density at radius 3 is 2.10 bits per heavy atom. The van der Waals surface area contributed by atoms with E-state index in [0.717, 1.165) is 19.4 Å².